The summed E-state index contributed by atoms with van der Waals surface area (Å²) in [5.74, 6) is 0.209. The van der Waals surface area contributed by atoms with E-state index >= 15 is 0 Å². The molecule has 21 heavy (non-hydrogen) atoms. The van der Waals surface area contributed by atoms with Gasteiger partial charge in [0.05, 0.1) is 5.69 Å². The highest BCUT2D eigenvalue weighted by Crippen LogP contribution is 2.33. The van der Waals surface area contributed by atoms with Gasteiger partial charge in [-0.05, 0) is 59.1 Å². The molecule has 0 radical (unpaired) electrons. The van der Waals surface area contributed by atoms with Crippen LogP contribution in [0.2, 0.25) is 0 Å². The lowest BCUT2D eigenvalue weighted by Crippen LogP contribution is -2.66. The largest absolute Gasteiger partial charge is 0.336 e. The van der Waals surface area contributed by atoms with Gasteiger partial charge in [-0.3, -0.25) is 9.48 Å². The summed E-state index contributed by atoms with van der Waals surface area (Å²) in [5, 5.41) is 8.07. The molecule has 116 valence electrons. The minimum atomic E-state index is 0.0985. The number of fused-ring (bicyclic) bond motifs is 1. The number of likely N-dealkylation sites (tertiary alicyclic amines) is 1. The van der Waals surface area contributed by atoms with Crippen molar-refractivity contribution in [2.45, 2.75) is 64.6 Å². The fourth-order valence-electron chi connectivity index (χ4n) is 3.99. The first-order chi connectivity index (χ1) is 9.99. The molecule has 0 spiro atoms. The van der Waals surface area contributed by atoms with Crippen molar-refractivity contribution >= 4 is 5.91 Å². The maximum Gasteiger partial charge on any atom is 0.244 e. The molecule has 0 aromatic carbocycles. The van der Waals surface area contributed by atoms with Gasteiger partial charge in [-0.25, -0.2) is 0 Å². The van der Waals surface area contributed by atoms with E-state index in [4.69, 9.17) is 0 Å². The van der Waals surface area contributed by atoms with Gasteiger partial charge in [-0.1, -0.05) is 0 Å². The van der Waals surface area contributed by atoms with Gasteiger partial charge in [0.25, 0.3) is 0 Å². The number of aryl methyl sites for hydroxylation is 2. The number of aromatic nitrogens is 2. The highest BCUT2D eigenvalue weighted by molar-refractivity contribution is 5.76. The van der Waals surface area contributed by atoms with Crippen LogP contribution in [0, 0.1) is 13.8 Å². The van der Waals surface area contributed by atoms with Gasteiger partial charge in [0.15, 0.2) is 0 Å². The number of piperidine rings is 2. The van der Waals surface area contributed by atoms with Crippen LogP contribution in [0.3, 0.4) is 0 Å². The normalized spacial score (nSPS) is 29.3. The molecule has 5 heteroatoms. The van der Waals surface area contributed by atoms with E-state index in [2.05, 4.69) is 22.2 Å². The molecule has 1 N–H and O–H groups in total. The molecular weight excluding hydrogens is 264 g/mol. The minimum absolute atomic E-state index is 0.0985. The highest BCUT2D eigenvalue weighted by atomic mass is 16.2. The number of carbonyl (C=O) groups is 1. The van der Waals surface area contributed by atoms with Crippen molar-refractivity contribution < 1.29 is 4.79 Å². The van der Waals surface area contributed by atoms with Crippen molar-refractivity contribution in [2.24, 2.45) is 0 Å². The van der Waals surface area contributed by atoms with E-state index in [1.54, 1.807) is 0 Å². The Kier molecular flexibility index (Phi) is 3.78. The summed E-state index contributed by atoms with van der Waals surface area (Å²) in [7, 11) is 0. The Bertz CT molecular complexity index is 534. The molecule has 1 aromatic rings. The fourth-order valence-corrected chi connectivity index (χ4v) is 3.99. The van der Waals surface area contributed by atoms with E-state index in [0.29, 0.717) is 12.6 Å². The van der Waals surface area contributed by atoms with Gasteiger partial charge in [0, 0.05) is 23.8 Å². The maximum absolute atomic E-state index is 12.8. The van der Waals surface area contributed by atoms with Crippen molar-refractivity contribution in [1.29, 1.82) is 0 Å². The standard InChI is InChI=1S/C16H26N4O/c1-12-10-13(2)20(18-12)11-15(21)19-9-5-7-16(3)14(19)6-4-8-17-16/h10,14,17H,4-9,11H2,1-3H3/t14-,16+/m1/s1. The predicted molar refractivity (Wildman–Crippen MR) is 82.1 cm³/mol. The lowest BCUT2D eigenvalue weighted by Gasteiger charge is -2.51. The lowest BCUT2D eigenvalue weighted by molar-refractivity contribution is -0.139. The number of hydrogen-bond donors (Lipinski definition) is 1. The summed E-state index contributed by atoms with van der Waals surface area (Å²) in [5.41, 5.74) is 2.13. The van der Waals surface area contributed by atoms with Gasteiger partial charge in [-0.15, -0.1) is 0 Å². The van der Waals surface area contributed by atoms with Crippen LogP contribution in [0.15, 0.2) is 6.07 Å². The molecule has 0 aliphatic carbocycles. The maximum atomic E-state index is 12.8. The van der Waals surface area contributed by atoms with E-state index in [0.717, 1.165) is 43.7 Å². The van der Waals surface area contributed by atoms with Crippen LogP contribution in [0.25, 0.3) is 0 Å². The Hall–Kier alpha value is -1.36. The molecule has 1 aromatic heterocycles. The zero-order valence-corrected chi connectivity index (χ0v) is 13.4. The zero-order chi connectivity index (χ0) is 15.0. The minimum Gasteiger partial charge on any atom is -0.336 e. The first-order valence-corrected chi connectivity index (χ1v) is 8.05. The van der Waals surface area contributed by atoms with Crippen LogP contribution < -0.4 is 5.32 Å². The Morgan fingerprint density at radius 2 is 2.29 bits per heavy atom. The van der Waals surface area contributed by atoms with Crippen LogP contribution in [0.5, 0.6) is 0 Å². The zero-order valence-electron chi connectivity index (χ0n) is 13.4. The monoisotopic (exact) mass is 290 g/mol. The van der Waals surface area contributed by atoms with Gasteiger partial charge >= 0.3 is 0 Å². The second-order valence-electron chi connectivity index (χ2n) is 6.78. The van der Waals surface area contributed by atoms with Gasteiger partial charge in [0.2, 0.25) is 5.91 Å². The summed E-state index contributed by atoms with van der Waals surface area (Å²) in [6, 6.07) is 2.36. The molecule has 2 aliphatic heterocycles. The first kappa shape index (κ1) is 14.6. The number of rotatable bonds is 2. The third-order valence-electron chi connectivity index (χ3n) is 5.10. The third-order valence-corrected chi connectivity index (χ3v) is 5.10. The SMILES string of the molecule is Cc1cc(C)n(CC(=O)N2CCC[C@]3(C)NCCC[C@@H]23)n1. The van der Waals surface area contributed by atoms with Crippen molar-refractivity contribution in [3.63, 3.8) is 0 Å². The smallest absolute Gasteiger partial charge is 0.244 e. The van der Waals surface area contributed by atoms with Crippen LogP contribution >= 0.6 is 0 Å². The van der Waals surface area contributed by atoms with E-state index in [1.807, 2.05) is 24.6 Å². The first-order valence-electron chi connectivity index (χ1n) is 8.05. The molecule has 3 rings (SSSR count). The van der Waals surface area contributed by atoms with Crippen LogP contribution in [0.1, 0.15) is 44.0 Å². The number of nitrogens with one attached hydrogen (secondary N) is 1. The lowest BCUT2D eigenvalue weighted by atomic mass is 9.78. The van der Waals surface area contributed by atoms with Crippen molar-refractivity contribution in [3.05, 3.63) is 17.5 Å². The number of carbonyl (C=O) groups excluding carboxylic acids is 1. The highest BCUT2D eigenvalue weighted by Gasteiger charge is 2.43. The average molecular weight is 290 g/mol. The van der Waals surface area contributed by atoms with Gasteiger partial charge in [-0.2, -0.15) is 5.10 Å². The predicted octanol–water partition coefficient (Wildman–Crippen LogP) is 1.63. The Labute approximate surface area is 126 Å². The van der Waals surface area contributed by atoms with Crippen molar-refractivity contribution in [2.75, 3.05) is 13.1 Å². The van der Waals surface area contributed by atoms with Gasteiger partial charge < -0.3 is 10.2 Å². The number of hydrogen-bond acceptors (Lipinski definition) is 3. The molecule has 2 aliphatic rings. The van der Waals surface area contributed by atoms with Gasteiger partial charge in [0.1, 0.15) is 6.54 Å². The van der Waals surface area contributed by atoms with E-state index in [9.17, 15) is 4.79 Å². The third kappa shape index (κ3) is 2.71. The van der Waals surface area contributed by atoms with Crippen LogP contribution in [-0.2, 0) is 11.3 Å². The molecular formula is C16H26N4O. The van der Waals surface area contributed by atoms with E-state index < -0.39 is 0 Å². The van der Waals surface area contributed by atoms with Crippen LogP contribution in [-0.4, -0.2) is 45.3 Å². The fraction of sp³-hybridized carbons (Fsp3) is 0.750. The molecule has 2 saturated heterocycles. The Morgan fingerprint density at radius 1 is 1.48 bits per heavy atom. The van der Waals surface area contributed by atoms with Crippen molar-refractivity contribution in [1.82, 2.24) is 20.0 Å². The molecule has 2 fully saturated rings. The average Bonchev–Trinajstić information content (AvgIpc) is 2.75. The molecule has 3 heterocycles. The van der Waals surface area contributed by atoms with E-state index in [1.165, 1.54) is 6.42 Å². The number of amides is 1. The molecule has 0 saturated carbocycles. The topological polar surface area (TPSA) is 50.2 Å². The molecule has 1 amide bonds. The second-order valence-corrected chi connectivity index (χ2v) is 6.78. The number of nitrogens with zero attached hydrogens (tertiary/aromatic N) is 3. The summed E-state index contributed by atoms with van der Waals surface area (Å²) in [4.78, 5) is 14.9. The summed E-state index contributed by atoms with van der Waals surface area (Å²) < 4.78 is 1.83. The molecule has 0 unspecified atom stereocenters. The Morgan fingerprint density at radius 3 is 3.00 bits per heavy atom. The van der Waals surface area contributed by atoms with Crippen LogP contribution in [0.4, 0.5) is 0 Å². The Balaban J connectivity index is 1.75. The molecule has 5 nitrogen and oxygen atoms in total. The summed E-state index contributed by atoms with van der Waals surface area (Å²) >= 11 is 0. The molecule has 2 atom stereocenters. The van der Waals surface area contributed by atoms with E-state index in [-0.39, 0.29) is 11.4 Å². The second kappa shape index (κ2) is 5.44. The van der Waals surface area contributed by atoms with Crippen molar-refractivity contribution in [3.8, 4) is 0 Å². The summed E-state index contributed by atoms with van der Waals surface area (Å²) in [6.07, 6.45) is 4.53. The molecule has 0 bridgehead atoms. The quantitative estimate of drug-likeness (QED) is 0.901. The summed E-state index contributed by atoms with van der Waals surface area (Å²) in [6.45, 7) is 8.59.